The van der Waals surface area contributed by atoms with Crippen LogP contribution in [0.5, 0.6) is 5.75 Å². The lowest BCUT2D eigenvalue weighted by atomic mass is 9.73. The highest BCUT2D eigenvalue weighted by Crippen LogP contribution is 2.42. The Bertz CT molecular complexity index is 397. The molecule has 0 saturated heterocycles. The number of hydrogen-bond acceptors (Lipinski definition) is 2. The molecule has 0 bridgehead atoms. The average molecular weight is 188 g/mol. The highest BCUT2D eigenvalue weighted by Gasteiger charge is 2.49. The number of fused-ring (bicyclic) bond motifs is 1. The van der Waals surface area contributed by atoms with Crippen LogP contribution in [0.3, 0.4) is 0 Å². The van der Waals surface area contributed by atoms with Gasteiger partial charge in [-0.1, -0.05) is 18.2 Å². The van der Waals surface area contributed by atoms with Crippen molar-refractivity contribution in [3.05, 3.63) is 29.8 Å². The molecule has 3 rings (SSSR count). The van der Waals surface area contributed by atoms with E-state index < -0.39 is 5.60 Å². The number of ketones is 1. The Hall–Kier alpha value is -1.31. The van der Waals surface area contributed by atoms with Gasteiger partial charge in [0.25, 0.3) is 0 Å². The molecule has 1 aliphatic heterocycles. The first-order valence-electron chi connectivity index (χ1n) is 5.10. The van der Waals surface area contributed by atoms with E-state index >= 15 is 0 Å². The second kappa shape index (κ2) is 2.59. The summed E-state index contributed by atoms with van der Waals surface area (Å²) in [6, 6.07) is 8.01. The molecule has 0 amide bonds. The molecule has 2 aliphatic rings. The molecular formula is C12H12O2. The van der Waals surface area contributed by atoms with E-state index in [9.17, 15) is 4.79 Å². The number of hydrogen-bond donors (Lipinski definition) is 0. The molecule has 1 atom stereocenters. The zero-order valence-electron chi connectivity index (χ0n) is 7.95. The summed E-state index contributed by atoms with van der Waals surface area (Å²) in [6.07, 6.45) is 3.44. The zero-order chi connectivity index (χ0) is 9.60. The Morgan fingerprint density at radius 2 is 1.93 bits per heavy atom. The number of carbonyl (C=O) groups excluding carboxylic acids is 1. The first-order chi connectivity index (χ1) is 6.80. The van der Waals surface area contributed by atoms with Crippen molar-refractivity contribution in [3.8, 4) is 5.75 Å². The second-order valence-electron chi connectivity index (χ2n) is 4.13. The lowest BCUT2D eigenvalue weighted by molar-refractivity contribution is -0.148. The number of aryl methyl sites for hydroxylation is 1. The summed E-state index contributed by atoms with van der Waals surface area (Å²) in [4.78, 5) is 11.5. The van der Waals surface area contributed by atoms with Gasteiger partial charge in [-0.15, -0.1) is 0 Å². The normalized spacial score (nSPS) is 29.3. The number of ether oxygens (including phenoxy) is 1. The van der Waals surface area contributed by atoms with Crippen molar-refractivity contribution in [3.63, 3.8) is 0 Å². The van der Waals surface area contributed by atoms with E-state index in [2.05, 4.69) is 6.07 Å². The van der Waals surface area contributed by atoms with E-state index in [4.69, 9.17) is 4.74 Å². The molecular weight excluding hydrogens is 176 g/mol. The van der Waals surface area contributed by atoms with Gasteiger partial charge in [0.05, 0.1) is 0 Å². The lowest BCUT2D eigenvalue weighted by Crippen LogP contribution is -2.54. The maximum absolute atomic E-state index is 11.5. The van der Waals surface area contributed by atoms with Crippen LogP contribution in [0.4, 0.5) is 0 Å². The minimum Gasteiger partial charge on any atom is -0.479 e. The summed E-state index contributed by atoms with van der Waals surface area (Å²) in [6.45, 7) is 0. The number of carbonyl (C=O) groups is 1. The molecule has 0 N–H and O–H groups in total. The minimum absolute atomic E-state index is 0.284. The van der Waals surface area contributed by atoms with E-state index in [1.165, 1.54) is 5.56 Å². The van der Waals surface area contributed by atoms with Gasteiger partial charge in [-0.25, -0.2) is 0 Å². The lowest BCUT2D eigenvalue weighted by Gasteiger charge is -2.43. The highest BCUT2D eigenvalue weighted by molar-refractivity contribution is 5.93. The Morgan fingerprint density at radius 3 is 2.64 bits per heavy atom. The summed E-state index contributed by atoms with van der Waals surface area (Å²) in [5, 5.41) is 0. The van der Waals surface area contributed by atoms with Crippen LogP contribution < -0.4 is 4.74 Å². The molecule has 1 aromatic rings. The van der Waals surface area contributed by atoms with Crippen molar-refractivity contribution in [2.75, 3.05) is 0 Å². The Kier molecular flexibility index (Phi) is 1.49. The van der Waals surface area contributed by atoms with Crippen LogP contribution in [-0.2, 0) is 11.2 Å². The third-order valence-corrected chi connectivity index (χ3v) is 3.34. The molecule has 1 fully saturated rings. The SMILES string of the molecule is O=C1CCC12CCc1ccccc1O2. The van der Waals surface area contributed by atoms with Gasteiger partial charge >= 0.3 is 0 Å². The maximum atomic E-state index is 11.5. The van der Waals surface area contributed by atoms with Crippen molar-refractivity contribution in [1.82, 2.24) is 0 Å². The molecule has 0 radical (unpaired) electrons. The molecule has 1 heterocycles. The van der Waals surface area contributed by atoms with E-state index in [0.717, 1.165) is 25.0 Å². The summed E-state index contributed by atoms with van der Waals surface area (Å²) in [7, 11) is 0. The van der Waals surface area contributed by atoms with Gasteiger partial charge < -0.3 is 4.74 Å². The molecule has 1 aliphatic carbocycles. The van der Waals surface area contributed by atoms with Crippen LogP contribution in [0, 0.1) is 0 Å². The number of Topliss-reactive ketones (excluding diaryl/α,β-unsaturated/α-hetero) is 1. The van der Waals surface area contributed by atoms with Gasteiger partial charge in [0.15, 0.2) is 11.4 Å². The number of benzene rings is 1. The minimum atomic E-state index is -0.436. The van der Waals surface area contributed by atoms with Gasteiger partial charge in [-0.2, -0.15) is 0 Å². The van der Waals surface area contributed by atoms with Crippen molar-refractivity contribution < 1.29 is 9.53 Å². The van der Waals surface area contributed by atoms with Crippen LogP contribution in [-0.4, -0.2) is 11.4 Å². The third-order valence-electron chi connectivity index (χ3n) is 3.34. The topological polar surface area (TPSA) is 26.3 Å². The summed E-state index contributed by atoms with van der Waals surface area (Å²) < 4.78 is 5.82. The molecule has 14 heavy (non-hydrogen) atoms. The first-order valence-corrected chi connectivity index (χ1v) is 5.10. The van der Waals surface area contributed by atoms with Crippen molar-refractivity contribution in [2.24, 2.45) is 0 Å². The van der Waals surface area contributed by atoms with Crippen molar-refractivity contribution in [2.45, 2.75) is 31.3 Å². The fraction of sp³-hybridized carbons (Fsp3) is 0.417. The molecule has 2 heteroatoms. The van der Waals surface area contributed by atoms with Gasteiger partial charge in [-0.05, 0) is 24.5 Å². The molecule has 2 nitrogen and oxygen atoms in total. The summed E-state index contributed by atoms with van der Waals surface area (Å²) in [5.74, 6) is 1.19. The first kappa shape index (κ1) is 8.04. The second-order valence-corrected chi connectivity index (χ2v) is 4.13. The number of rotatable bonds is 0. The number of para-hydroxylation sites is 1. The van der Waals surface area contributed by atoms with Gasteiger partial charge in [-0.3, -0.25) is 4.79 Å². The zero-order valence-corrected chi connectivity index (χ0v) is 7.95. The molecule has 1 spiro atoms. The summed E-state index contributed by atoms with van der Waals surface area (Å²) in [5.41, 5.74) is 0.798. The van der Waals surface area contributed by atoms with Crippen LogP contribution in [0.2, 0.25) is 0 Å². The predicted octanol–water partition coefficient (Wildman–Crippen LogP) is 2.11. The van der Waals surface area contributed by atoms with Gasteiger partial charge in [0.2, 0.25) is 0 Å². The van der Waals surface area contributed by atoms with Crippen LogP contribution in [0.15, 0.2) is 24.3 Å². The standard InChI is InChI=1S/C12H12O2/c13-11-6-8-12(11)7-5-9-3-1-2-4-10(9)14-12/h1-4H,5-8H2. The van der Waals surface area contributed by atoms with Crippen LogP contribution in [0.25, 0.3) is 0 Å². The monoisotopic (exact) mass is 188 g/mol. The largest absolute Gasteiger partial charge is 0.479 e. The van der Waals surface area contributed by atoms with Crippen molar-refractivity contribution >= 4 is 5.78 Å². The highest BCUT2D eigenvalue weighted by atomic mass is 16.5. The Morgan fingerprint density at radius 1 is 1.14 bits per heavy atom. The Balaban J connectivity index is 1.97. The molecule has 1 aromatic carbocycles. The molecule has 1 saturated carbocycles. The molecule has 72 valence electrons. The van der Waals surface area contributed by atoms with Crippen molar-refractivity contribution in [1.29, 1.82) is 0 Å². The predicted molar refractivity (Wildman–Crippen MR) is 52.4 cm³/mol. The molecule has 0 aromatic heterocycles. The van der Waals surface area contributed by atoms with Crippen LogP contribution in [0.1, 0.15) is 24.8 Å². The van der Waals surface area contributed by atoms with Gasteiger partial charge in [0, 0.05) is 12.8 Å². The smallest absolute Gasteiger partial charge is 0.176 e. The quantitative estimate of drug-likeness (QED) is 0.623. The van der Waals surface area contributed by atoms with E-state index in [1.807, 2.05) is 18.2 Å². The average Bonchev–Trinajstić information content (AvgIpc) is 2.26. The van der Waals surface area contributed by atoms with Crippen LogP contribution >= 0.6 is 0 Å². The Labute approximate surface area is 82.9 Å². The van der Waals surface area contributed by atoms with E-state index in [-0.39, 0.29) is 5.78 Å². The fourth-order valence-corrected chi connectivity index (χ4v) is 2.29. The fourth-order valence-electron chi connectivity index (χ4n) is 2.29. The van der Waals surface area contributed by atoms with E-state index in [1.54, 1.807) is 0 Å². The van der Waals surface area contributed by atoms with E-state index in [0.29, 0.717) is 6.42 Å². The third kappa shape index (κ3) is 0.939. The van der Waals surface area contributed by atoms with Gasteiger partial charge in [0.1, 0.15) is 5.75 Å². The summed E-state index contributed by atoms with van der Waals surface area (Å²) >= 11 is 0. The maximum Gasteiger partial charge on any atom is 0.176 e. The molecule has 1 unspecified atom stereocenters.